The van der Waals surface area contributed by atoms with Crippen molar-refractivity contribution in [3.05, 3.63) is 52.6 Å². The number of hydrogen-bond acceptors (Lipinski definition) is 2. The van der Waals surface area contributed by atoms with Crippen LogP contribution in [0.1, 0.15) is 15.9 Å². The van der Waals surface area contributed by atoms with Gasteiger partial charge in [-0.05, 0) is 12.1 Å². The third kappa shape index (κ3) is 1.76. The van der Waals surface area contributed by atoms with Crippen LogP contribution in [0.15, 0.2) is 30.6 Å². The van der Waals surface area contributed by atoms with Gasteiger partial charge in [-0.1, -0.05) is 17.7 Å². The van der Waals surface area contributed by atoms with Crippen LogP contribution in [0.5, 0.6) is 0 Å². The van der Waals surface area contributed by atoms with Crippen molar-refractivity contribution in [1.29, 1.82) is 0 Å². The predicted octanol–water partition coefficient (Wildman–Crippen LogP) is 2.43. The number of halogens is 2. The van der Waals surface area contributed by atoms with Crippen molar-refractivity contribution in [2.45, 2.75) is 0 Å². The van der Waals surface area contributed by atoms with E-state index < -0.39 is 11.6 Å². The highest BCUT2D eigenvalue weighted by Crippen LogP contribution is 2.21. The van der Waals surface area contributed by atoms with Crippen LogP contribution in [-0.2, 0) is 0 Å². The second kappa shape index (κ2) is 3.82. The molecule has 0 aliphatic heterocycles. The molecule has 0 saturated heterocycles. The summed E-state index contributed by atoms with van der Waals surface area (Å²) in [7, 11) is 0. The first-order chi connectivity index (χ1) is 7.20. The zero-order valence-corrected chi connectivity index (χ0v) is 8.25. The number of rotatable bonds is 2. The van der Waals surface area contributed by atoms with E-state index in [1.165, 1.54) is 30.6 Å². The highest BCUT2D eigenvalue weighted by Gasteiger charge is 2.17. The lowest BCUT2D eigenvalue weighted by atomic mass is 10.1. The minimum absolute atomic E-state index is 0.0983. The van der Waals surface area contributed by atoms with Crippen LogP contribution >= 0.6 is 11.6 Å². The van der Waals surface area contributed by atoms with Crippen LogP contribution in [0.2, 0.25) is 5.02 Å². The Morgan fingerprint density at radius 3 is 2.87 bits per heavy atom. The summed E-state index contributed by atoms with van der Waals surface area (Å²) >= 11 is 5.75. The fraction of sp³-hybridized carbons (Fsp3) is 0. The summed E-state index contributed by atoms with van der Waals surface area (Å²) < 4.78 is 13.4. The molecule has 3 nitrogen and oxygen atoms in total. The van der Waals surface area contributed by atoms with Gasteiger partial charge in [0.2, 0.25) is 5.78 Å². The maximum atomic E-state index is 13.4. The molecule has 2 aromatic rings. The number of H-pyrrole nitrogens is 1. The molecular formula is C10H6ClFN2O. The van der Waals surface area contributed by atoms with E-state index in [1.807, 2.05) is 0 Å². The Balaban J connectivity index is 2.51. The van der Waals surface area contributed by atoms with Crippen LogP contribution in [0.4, 0.5) is 4.39 Å². The molecule has 1 aromatic carbocycles. The van der Waals surface area contributed by atoms with Crippen LogP contribution in [0, 0.1) is 5.82 Å². The maximum Gasteiger partial charge on any atom is 0.200 e. The molecule has 1 aromatic heterocycles. The van der Waals surface area contributed by atoms with E-state index in [2.05, 4.69) is 10.2 Å². The van der Waals surface area contributed by atoms with Gasteiger partial charge in [0.15, 0.2) is 0 Å². The van der Waals surface area contributed by atoms with Crippen molar-refractivity contribution in [2.24, 2.45) is 0 Å². The van der Waals surface area contributed by atoms with Crippen LogP contribution < -0.4 is 0 Å². The molecule has 0 saturated carbocycles. The lowest BCUT2D eigenvalue weighted by Gasteiger charge is -2.02. The highest BCUT2D eigenvalue weighted by molar-refractivity contribution is 6.35. The van der Waals surface area contributed by atoms with Crippen molar-refractivity contribution in [2.75, 3.05) is 0 Å². The molecule has 5 heteroatoms. The van der Waals surface area contributed by atoms with Crippen LogP contribution in [-0.4, -0.2) is 16.0 Å². The largest absolute Gasteiger partial charge is 0.288 e. The Morgan fingerprint density at radius 2 is 2.27 bits per heavy atom. The topological polar surface area (TPSA) is 45.8 Å². The number of nitrogens with zero attached hydrogens (tertiary/aromatic N) is 1. The average Bonchev–Trinajstić information content (AvgIpc) is 2.69. The molecule has 0 radical (unpaired) electrons. The van der Waals surface area contributed by atoms with Crippen LogP contribution in [0.25, 0.3) is 0 Å². The van der Waals surface area contributed by atoms with Crippen LogP contribution in [0.3, 0.4) is 0 Å². The van der Waals surface area contributed by atoms with E-state index in [1.54, 1.807) is 0 Å². The fourth-order valence-electron chi connectivity index (χ4n) is 1.23. The number of aromatic nitrogens is 2. The van der Waals surface area contributed by atoms with Gasteiger partial charge in [0.25, 0.3) is 0 Å². The van der Waals surface area contributed by atoms with Gasteiger partial charge >= 0.3 is 0 Å². The summed E-state index contributed by atoms with van der Waals surface area (Å²) in [5.41, 5.74) is 0.155. The zero-order chi connectivity index (χ0) is 10.8. The number of aromatic amines is 1. The molecule has 0 amide bonds. The number of hydrogen-bond donors (Lipinski definition) is 1. The van der Waals surface area contributed by atoms with Gasteiger partial charge < -0.3 is 0 Å². The zero-order valence-electron chi connectivity index (χ0n) is 7.50. The van der Waals surface area contributed by atoms with E-state index in [0.717, 1.165) is 0 Å². The summed E-state index contributed by atoms with van der Waals surface area (Å²) in [5, 5.41) is 6.20. The summed E-state index contributed by atoms with van der Waals surface area (Å²) in [5.74, 6) is -1.11. The van der Waals surface area contributed by atoms with Gasteiger partial charge in [0.1, 0.15) is 5.82 Å². The third-order valence-electron chi connectivity index (χ3n) is 1.95. The minimum atomic E-state index is -0.631. The molecule has 0 aliphatic rings. The molecule has 0 fully saturated rings. The van der Waals surface area contributed by atoms with Gasteiger partial charge in [0, 0.05) is 6.20 Å². The Hall–Kier alpha value is -1.68. The van der Waals surface area contributed by atoms with E-state index in [-0.39, 0.29) is 16.1 Å². The number of benzene rings is 1. The van der Waals surface area contributed by atoms with Gasteiger partial charge in [-0.25, -0.2) is 4.39 Å². The quantitative estimate of drug-likeness (QED) is 0.797. The van der Waals surface area contributed by atoms with Crippen molar-refractivity contribution in [3.8, 4) is 0 Å². The molecular weight excluding hydrogens is 219 g/mol. The Labute approximate surface area is 89.9 Å². The number of carbonyl (C=O) groups is 1. The fourth-order valence-corrected chi connectivity index (χ4v) is 1.48. The molecule has 0 bridgehead atoms. The van der Waals surface area contributed by atoms with Crippen molar-refractivity contribution in [3.63, 3.8) is 0 Å². The molecule has 15 heavy (non-hydrogen) atoms. The smallest absolute Gasteiger partial charge is 0.200 e. The standard InChI is InChI=1S/C10H6ClFN2O/c11-7-2-1-3-8(12)9(7)10(15)6-4-13-14-5-6/h1-5H,(H,13,14). The van der Waals surface area contributed by atoms with Crippen molar-refractivity contribution in [1.82, 2.24) is 10.2 Å². The molecule has 1 N–H and O–H groups in total. The number of ketones is 1. The molecule has 0 aliphatic carbocycles. The molecule has 0 unspecified atom stereocenters. The summed E-state index contributed by atoms with van der Waals surface area (Å²) in [6.07, 6.45) is 2.72. The second-order valence-electron chi connectivity index (χ2n) is 2.91. The molecule has 2 rings (SSSR count). The van der Waals surface area contributed by atoms with Crippen molar-refractivity contribution < 1.29 is 9.18 Å². The average molecular weight is 225 g/mol. The first-order valence-electron chi connectivity index (χ1n) is 4.17. The lowest BCUT2D eigenvalue weighted by molar-refractivity contribution is 0.103. The molecule has 0 atom stereocenters. The number of nitrogens with one attached hydrogen (secondary N) is 1. The first-order valence-corrected chi connectivity index (χ1v) is 4.55. The lowest BCUT2D eigenvalue weighted by Crippen LogP contribution is -2.04. The summed E-state index contributed by atoms with van der Waals surface area (Å²) in [6.45, 7) is 0. The maximum absolute atomic E-state index is 13.4. The predicted molar refractivity (Wildman–Crippen MR) is 53.4 cm³/mol. The van der Waals surface area contributed by atoms with E-state index in [0.29, 0.717) is 0 Å². The van der Waals surface area contributed by atoms with Gasteiger partial charge in [-0.15, -0.1) is 0 Å². The van der Waals surface area contributed by atoms with Gasteiger partial charge in [-0.2, -0.15) is 5.10 Å². The Bertz CT molecular complexity index is 476. The van der Waals surface area contributed by atoms with Gasteiger partial charge in [-0.3, -0.25) is 9.89 Å². The first kappa shape index (κ1) is 9.86. The summed E-state index contributed by atoms with van der Waals surface area (Å²) in [6, 6.07) is 4.11. The third-order valence-corrected chi connectivity index (χ3v) is 2.27. The normalized spacial score (nSPS) is 10.3. The molecule has 1 heterocycles. The molecule has 76 valence electrons. The second-order valence-corrected chi connectivity index (χ2v) is 3.32. The Morgan fingerprint density at radius 1 is 1.47 bits per heavy atom. The van der Waals surface area contributed by atoms with E-state index in [4.69, 9.17) is 11.6 Å². The minimum Gasteiger partial charge on any atom is -0.288 e. The highest BCUT2D eigenvalue weighted by atomic mass is 35.5. The van der Waals surface area contributed by atoms with Gasteiger partial charge in [0.05, 0.1) is 22.3 Å². The Kier molecular flexibility index (Phi) is 2.51. The van der Waals surface area contributed by atoms with E-state index in [9.17, 15) is 9.18 Å². The number of carbonyl (C=O) groups excluding carboxylic acids is 1. The summed E-state index contributed by atoms with van der Waals surface area (Å²) in [4.78, 5) is 11.8. The van der Waals surface area contributed by atoms with E-state index >= 15 is 0 Å². The SMILES string of the molecule is O=C(c1cn[nH]c1)c1c(F)cccc1Cl. The van der Waals surface area contributed by atoms with Crippen molar-refractivity contribution >= 4 is 17.4 Å². The monoisotopic (exact) mass is 224 g/mol. The molecule has 0 spiro atoms.